The van der Waals surface area contributed by atoms with E-state index in [4.69, 9.17) is 4.43 Å². The van der Waals surface area contributed by atoms with E-state index in [9.17, 15) is 0 Å². The van der Waals surface area contributed by atoms with Crippen LogP contribution in [0.25, 0.3) is 0 Å². The molecule has 3 nitrogen and oxygen atoms in total. The summed E-state index contributed by atoms with van der Waals surface area (Å²) in [6.07, 6.45) is 1.01. The Balaban J connectivity index is 1.84. The first kappa shape index (κ1) is 17.5. The fraction of sp³-hybridized carbons (Fsp3) is 0.667. The minimum atomic E-state index is -1.61. The molecule has 0 amide bonds. The first-order valence-corrected chi connectivity index (χ1v) is 11.4. The number of benzene rings is 1. The molecular weight excluding hydrogens is 288 g/mol. The maximum atomic E-state index is 6.26. The predicted molar refractivity (Wildman–Crippen MR) is 98.4 cm³/mol. The Morgan fingerprint density at radius 2 is 1.68 bits per heavy atom. The van der Waals surface area contributed by atoms with Crippen molar-refractivity contribution in [2.75, 3.05) is 37.7 Å². The largest absolute Gasteiger partial charge is 0.416 e. The number of anilines is 1. The minimum absolute atomic E-state index is 0.291. The Labute approximate surface area is 137 Å². The van der Waals surface area contributed by atoms with Crippen molar-refractivity contribution in [1.82, 2.24) is 5.32 Å². The predicted octanol–water partition coefficient (Wildman–Crippen LogP) is 3.66. The molecule has 4 heteroatoms. The standard InChI is InChI=1S/C18H32N2OSi/c1-18(2,3)22(4,5)21-15-10-16-6-8-17(9-7-16)20-13-11-19-12-14-20/h6-9,19H,10-15H2,1-5H3. The quantitative estimate of drug-likeness (QED) is 0.838. The van der Waals surface area contributed by atoms with Crippen molar-refractivity contribution < 1.29 is 4.43 Å². The zero-order valence-corrected chi connectivity index (χ0v) is 15.9. The van der Waals surface area contributed by atoms with Crippen molar-refractivity contribution in [3.63, 3.8) is 0 Å². The molecule has 1 aromatic rings. The zero-order chi connectivity index (χ0) is 16.2. The van der Waals surface area contributed by atoms with Crippen LogP contribution in [0, 0.1) is 0 Å². The Bertz CT molecular complexity index is 459. The van der Waals surface area contributed by atoms with E-state index in [2.05, 4.69) is 68.3 Å². The summed E-state index contributed by atoms with van der Waals surface area (Å²) >= 11 is 0. The Morgan fingerprint density at radius 1 is 1.09 bits per heavy atom. The van der Waals surface area contributed by atoms with Crippen LogP contribution in [0.1, 0.15) is 26.3 Å². The molecule has 0 bridgehead atoms. The van der Waals surface area contributed by atoms with E-state index < -0.39 is 8.32 Å². The van der Waals surface area contributed by atoms with E-state index in [0.717, 1.165) is 39.2 Å². The molecule has 0 aromatic heterocycles. The molecular formula is C18H32N2OSi. The fourth-order valence-electron chi connectivity index (χ4n) is 2.44. The highest BCUT2D eigenvalue weighted by Crippen LogP contribution is 2.36. The maximum Gasteiger partial charge on any atom is 0.191 e. The monoisotopic (exact) mass is 320 g/mol. The molecule has 0 saturated carbocycles. The molecule has 1 aliphatic heterocycles. The molecule has 0 aliphatic carbocycles. The van der Waals surface area contributed by atoms with Crippen LogP contribution in [-0.4, -0.2) is 41.1 Å². The molecule has 1 fully saturated rings. The second kappa shape index (κ2) is 7.15. The highest BCUT2D eigenvalue weighted by molar-refractivity contribution is 6.74. The van der Waals surface area contributed by atoms with Gasteiger partial charge in [0, 0.05) is 38.5 Å². The van der Waals surface area contributed by atoms with Gasteiger partial charge in [0.25, 0.3) is 0 Å². The number of nitrogens with zero attached hydrogens (tertiary/aromatic N) is 1. The van der Waals surface area contributed by atoms with Gasteiger partial charge in [0.15, 0.2) is 8.32 Å². The van der Waals surface area contributed by atoms with Crippen LogP contribution >= 0.6 is 0 Å². The Morgan fingerprint density at radius 3 is 2.23 bits per heavy atom. The van der Waals surface area contributed by atoms with Gasteiger partial charge in [-0.3, -0.25) is 0 Å². The summed E-state index contributed by atoms with van der Waals surface area (Å²) in [4.78, 5) is 2.45. The number of nitrogens with one attached hydrogen (secondary N) is 1. The van der Waals surface area contributed by atoms with Gasteiger partial charge < -0.3 is 14.6 Å². The summed E-state index contributed by atoms with van der Waals surface area (Å²) in [5.74, 6) is 0. The second-order valence-corrected chi connectivity index (χ2v) is 12.6. The molecule has 1 aliphatic rings. The Kier molecular flexibility index (Phi) is 5.69. The fourth-order valence-corrected chi connectivity index (χ4v) is 3.48. The maximum absolute atomic E-state index is 6.26. The van der Waals surface area contributed by atoms with Gasteiger partial charge in [0.1, 0.15) is 0 Å². The van der Waals surface area contributed by atoms with Gasteiger partial charge in [-0.05, 0) is 42.2 Å². The van der Waals surface area contributed by atoms with Crippen LogP contribution in [-0.2, 0) is 10.8 Å². The molecule has 0 atom stereocenters. The summed E-state index contributed by atoms with van der Waals surface area (Å²) in [7, 11) is -1.61. The molecule has 22 heavy (non-hydrogen) atoms. The molecule has 124 valence electrons. The summed E-state index contributed by atoms with van der Waals surface area (Å²) in [6, 6.07) is 9.03. The third kappa shape index (κ3) is 4.57. The lowest BCUT2D eigenvalue weighted by atomic mass is 10.1. The average Bonchev–Trinajstić information content (AvgIpc) is 2.47. The number of rotatable bonds is 5. The number of hydrogen-bond acceptors (Lipinski definition) is 3. The van der Waals surface area contributed by atoms with E-state index in [-0.39, 0.29) is 0 Å². The summed E-state index contributed by atoms with van der Waals surface area (Å²) < 4.78 is 6.26. The van der Waals surface area contributed by atoms with Crippen molar-refractivity contribution in [3.8, 4) is 0 Å². The number of piperazine rings is 1. The van der Waals surface area contributed by atoms with Crippen molar-refractivity contribution in [1.29, 1.82) is 0 Å². The van der Waals surface area contributed by atoms with Gasteiger partial charge in [-0.2, -0.15) is 0 Å². The highest BCUT2D eigenvalue weighted by atomic mass is 28.4. The molecule has 0 radical (unpaired) electrons. The van der Waals surface area contributed by atoms with Crippen LogP contribution in [0.4, 0.5) is 5.69 Å². The minimum Gasteiger partial charge on any atom is -0.416 e. The molecule has 1 aromatic carbocycles. The lowest BCUT2D eigenvalue weighted by Gasteiger charge is -2.36. The van der Waals surface area contributed by atoms with Crippen LogP contribution < -0.4 is 10.2 Å². The van der Waals surface area contributed by atoms with E-state index in [1.54, 1.807) is 0 Å². The van der Waals surface area contributed by atoms with Crippen LogP contribution in [0.3, 0.4) is 0 Å². The van der Waals surface area contributed by atoms with Gasteiger partial charge >= 0.3 is 0 Å². The van der Waals surface area contributed by atoms with Gasteiger partial charge in [-0.15, -0.1) is 0 Å². The van der Waals surface area contributed by atoms with Crippen molar-refractivity contribution >= 4 is 14.0 Å². The molecule has 2 rings (SSSR count). The van der Waals surface area contributed by atoms with Crippen LogP contribution in [0.2, 0.25) is 18.1 Å². The van der Waals surface area contributed by atoms with Crippen molar-refractivity contribution in [2.45, 2.75) is 45.3 Å². The highest BCUT2D eigenvalue weighted by Gasteiger charge is 2.36. The number of hydrogen-bond donors (Lipinski definition) is 1. The summed E-state index contributed by atoms with van der Waals surface area (Å²) in [6.45, 7) is 16.7. The first-order chi connectivity index (χ1) is 10.3. The van der Waals surface area contributed by atoms with Gasteiger partial charge in [0.2, 0.25) is 0 Å². The van der Waals surface area contributed by atoms with Gasteiger partial charge in [-0.25, -0.2) is 0 Å². The van der Waals surface area contributed by atoms with Crippen LogP contribution in [0.5, 0.6) is 0 Å². The van der Waals surface area contributed by atoms with E-state index in [0.29, 0.717) is 5.04 Å². The molecule has 1 N–H and O–H groups in total. The third-order valence-corrected chi connectivity index (χ3v) is 9.62. The SMILES string of the molecule is CC(C)(C)[Si](C)(C)OCCc1ccc(N2CCNCC2)cc1. The Hall–Kier alpha value is -0.843. The zero-order valence-electron chi connectivity index (χ0n) is 14.9. The molecule has 0 unspecified atom stereocenters. The molecule has 1 heterocycles. The molecule has 1 saturated heterocycles. The second-order valence-electron chi connectivity index (χ2n) is 7.76. The normalized spacial score (nSPS) is 16.9. The lowest BCUT2D eigenvalue weighted by molar-refractivity contribution is 0.292. The average molecular weight is 321 g/mol. The summed E-state index contributed by atoms with van der Waals surface area (Å²) in [5.41, 5.74) is 2.72. The topological polar surface area (TPSA) is 24.5 Å². The van der Waals surface area contributed by atoms with E-state index >= 15 is 0 Å². The van der Waals surface area contributed by atoms with E-state index in [1.807, 2.05) is 0 Å². The first-order valence-electron chi connectivity index (χ1n) is 8.48. The van der Waals surface area contributed by atoms with Gasteiger partial charge in [-0.1, -0.05) is 32.9 Å². The molecule has 0 spiro atoms. The van der Waals surface area contributed by atoms with Crippen LogP contribution in [0.15, 0.2) is 24.3 Å². The summed E-state index contributed by atoms with van der Waals surface area (Å²) in [5, 5.41) is 3.69. The lowest BCUT2D eigenvalue weighted by Crippen LogP contribution is -2.43. The van der Waals surface area contributed by atoms with Gasteiger partial charge in [0.05, 0.1) is 0 Å². The van der Waals surface area contributed by atoms with Crippen molar-refractivity contribution in [3.05, 3.63) is 29.8 Å². The van der Waals surface area contributed by atoms with E-state index in [1.165, 1.54) is 11.3 Å². The third-order valence-electron chi connectivity index (χ3n) is 5.08. The smallest absolute Gasteiger partial charge is 0.191 e. The van der Waals surface area contributed by atoms with Crippen molar-refractivity contribution in [2.24, 2.45) is 0 Å².